The van der Waals surface area contributed by atoms with E-state index in [0.29, 0.717) is 33.8 Å². The van der Waals surface area contributed by atoms with E-state index >= 15 is 0 Å². The molecule has 0 aliphatic heterocycles. The Hall–Kier alpha value is -2.60. The number of carbonyl (C=O) groups is 3. The van der Waals surface area contributed by atoms with Crippen molar-refractivity contribution in [2.45, 2.75) is 33.2 Å². The van der Waals surface area contributed by atoms with Gasteiger partial charge < -0.3 is 15.4 Å². The number of carboxylic acid groups (broad SMARTS) is 1. The average molecular weight is 363 g/mol. The SMILES string of the molecule is CCc1c(C(=O)NC(C(=O)O)c2ccc(Cl)cc2)[nH]c(C)c1C(C)=O. The Morgan fingerprint density at radius 1 is 1.24 bits per heavy atom. The number of carbonyl (C=O) groups excluding carboxylic acids is 2. The molecule has 1 aromatic heterocycles. The molecule has 0 fully saturated rings. The fraction of sp³-hybridized carbons (Fsp3) is 0.278. The summed E-state index contributed by atoms with van der Waals surface area (Å²) in [7, 11) is 0. The van der Waals surface area contributed by atoms with Crippen molar-refractivity contribution in [3.63, 3.8) is 0 Å². The number of nitrogens with one attached hydrogen (secondary N) is 2. The fourth-order valence-electron chi connectivity index (χ4n) is 2.85. The van der Waals surface area contributed by atoms with Crippen LogP contribution < -0.4 is 5.32 Å². The largest absolute Gasteiger partial charge is 0.479 e. The summed E-state index contributed by atoms with van der Waals surface area (Å²) >= 11 is 5.82. The summed E-state index contributed by atoms with van der Waals surface area (Å²) in [5.74, 6) is -1.91. The zero-order valence-electron chi connectivity index (χ0n) is 14.1. The number of aryl methyl sites for hydroxylation is 1. The van der Waals surface area contributed by atoms with Crippen LogP contribution >= 0.6 is 11.6 Å². The van der Waals surface area contributed by atoms with E-state index in [1.54, 1.807) is 31.2 Å². The van der Waals surface area contributed by atoms with Crippen LogP contribution in [0.3, 0.4) is 0 Å². The Morgan fingerprint density at radius 2 is 1.84 bits per heavy atom. The summed E-state index contributed by atoms with van der Waals surface area (Å²) in [6.45, 7) is 4.98. The highest BCUT2D eigenvalue weighted by Gasteiger charge is 2.27. The van der Waals surface area contributed by atoms with Crippen molar-refractivity contribution in [3.05, 3.63) is 57.4 Å². The lowest BCUT2D eigenvalue weighted by Gasteiger charge is -2.15. The molecule has 3 N–H and O–H groups in total. The molecule has 1 atom stereocenters. The van der Waals surface area contributed by atoms with Crippen LogP contribution in [0.15, 0.2) is 24.3 Å². The molecule has 132 valence electrons. The maximum Gasteiger partial charge on any atom is 0.330 e. The third-order valence-electron chi connectivity index (χ3n) is 3.95. The third kappa shape index (κ3) is 3.91. The van der Waals surface area contributed by atoms with Gasteiger partial charge in [-0.1, -0.05) is 30.7 Å². The van der Waals surface area contributed by atoms with Crippen LogP contribution in [-0.4, -0.2) is 27.8 Å². The van der Waals surface area contributed by atoms with Crippen molar-refractivity contribution in [2.75, 3.05) is 0 Å². The van der Waals surface area contributed by atoms with Crippen LogP contribution in [-0.2, 0) is 11.2 Å². The predicted octanol–water partition coefficient (Wildman–Crippen LogP) is 3.30. The van der Waals surface area contributed by atoms with Gasteiger partial charge >= 0.3 is 5.97 Å². The molecule has 25 heavy (non-hydrogen) atoms. The second kappa shape index (κ2) is 7.53. The first kappa shape index (κ1) is 18.7. The molecule has 2 rings (SSSR count). The third-order valence-corrected chi connectivity index (χ3v) is 4.20. The molecule has 1 heterocycles. The van der Waals surface area contributed by atoms with Gasteiger partial charge in [0.2, 0.25) is 0 Å². The van der Waals surface area contributed by atoms with Crippen LogP contribution in [0.25, 0.3) is 0 Å². The number of halogens is 1. The second-order valence-electron chi connectivity index (χ2n) is 5.68. The second-order valence-corrected chi connectivity index (χ2v) is 6.12. The first-order valence-electron chi connectivity index (χ1n) is 7.77. The van der Waals surface area contributed by atoms with Gasteiger partial charge in [0.25, 0.3) is 5.91 Å². The molecule has 0 radical (unpaired) electrons. The number of Topliss-reactive ketones (excluding diaryl/α,β-unsaturated/α-hetero) is 1. The molecule has 0 saturated heterocycles. The number of aromatic amines is 1. The van der Waals surface area contributed by atoms with Gasteiger partial charge in [-0.15, -0.1) is 0 Å². The topological polar surface area (TPSA) is 99.3 Å². The Bertz CT molecular complexity index is 824. The van der Waals surface area contributed by atoms with Crippen LogP contribution in [0.2, 0.25) is 5.02 Å². The molecule has 1 aromatic carbocycles. The minimum Gasteiger partial charge on any atom is -0.479 e. The van der Waals surface area contributed by atoms with Gasteiger partial charge in [-0.3, -0.25) is 9.59 Å². The van der Waals surface area contributed by atoms with E-state index in [1.165, 1.54) is 6.92 Å². The highest BCUT2D eigenvalue weighted by molar-refractivity contribution is 6.30. The molecule has 0 bridgehead atoms. The number of aliphatic carboxylic acids is 1. The van der Waals surface area contributed by atoms with Gasteiger partial charge in [-0.2, -0.15) is 0 Å². The summed E-state index contributed by atoms with van der Waals surface area (Å²) in [6, 6.07) is 4.98. The van der Waals surface area contributed by atoms with Crippen molar-refractivity contribution in [2.24, 2.45) is 0 Å². The lowest BCUT2D eigenvalue weighted by Crippen LogP contribution is -2.34. The van der Waals surface area contributed by atoms with Crippen molar-refractivity contribution >= 4 is 29.3 Å². The molecule has 1 amide bonds. The summed E-state index contributed by atoms with van der Waals surface area (Å²) < 4.78 is 0. The molecule has 0 saturated carbocycles. The summed E-state index contributed by atoms with van der Waals surface area (Å²) in [6.07, 6.45) is 0.473. The zero-order chi connectivity index (χ0) is 18.7. The van der Waals surface area contributed by atoms with Gasteiger partial charge in [-0.25, -0.2) is 4.79 Å². The minimum atomic E-state index is -1.22. The molecule has 0 aliphatic carbocycles. The van der Waals surface area contributed by atoms with Gasteiger partial charge in [0.1, 0.15) is 5.69 Å². The maximum absolute atomic E-state index is 12.6. The Kier molecular flexibility index (Phi) is 5.64. The quantitative estimate of drug-likeness (QED) is 0.686. The first-order chi connectivity index (χ1) is 11.8. The summed E-state index contributed by atoms with van der Waals surface area (Å²) in [5, 5.41) is 12.4. The lowest BCUT2D eigenvalue weighted by atomic mass is 10.0. The number of hydrogen-bond acceptors (Lipinski definition) is 3. The van der Waals surface area contributed by atoms with Gasteiger partial charge in [0, 0.05) is 16.3 Å². The monoisotopic (exact) mass is 362 g/mol. The maximum atomic E-state index is 12.6. The molecular weight excluding hydrogens is 344 g/mol. The van der Waals surface area contributed by atoms with E-state index in [2.05, 4.69) is 10.3 Å². The molecule has 0 aliphatic rings. The van der Waals surface area contributed by atoms with E-state index in [0.717, 1.165) is 0 Å². The number of aromatic nitrogens is 1. The van der Waals surface area contributed by atoms with E-state index in [1.807, 2.05) is 6.92 Å². The molecule has 2 aromatic rings. The molecule has 0 spiro atoms. The summed E-state index contributed by atoms with van der Waals surface area (Å²) in [4.78, 5) is 38.9. The highest BCUT2D eigenvalue weighted by Crippen LogP contribution is 2.22. The van der Waals surface area contributed by atoms with E-state index in [4.69, 9.17) is 11.6 Å². The molecule has 1 unspecified atom stereocenters. The Balaban J connectivity index is 2.37. The van der Waals surface area contributed by atoms with Crippen LogP contribution in [0, 0.1) is 6.92 Å². The molecule has 7 heteroatoms. The smallest absolute Gasteiger partial charge is 0.330 e. The van der Waals surface area contributed by atoms with Crippen molar-refractivity contribution < 1.29 is 19.5 Å². The molecular formula is C18H19ClN2O4. The van der Waals surface area contributed by atoms with Crippen LogP contribution in [0.1, 0.15) is 57.6 Å². The first-order valence-corrected chi connectivity index (χ1v) is 8.15. The lowest BCUT2D eigenvalue weighted by molar-refractivity contribution is -0.139. The number of H-pyrrole nitrogens is 1. The number of carboxylic acids is 1. The van der Waals surface area contributed by atoms with E-state index in [-0.39, 0.29) is 11.5 Å². The number of ketones is 1. The van der Waals surface area contributed by atoms with Crippen molar-refractivity contribution in [3.8, 4) is 0 Å². The number of benzene rings is 1. The Morgan fingerprint density at radius 3 is 2.32 bits per heavy atom. The van der Waals surface area contributed by atoms with Gasteiger partial charge in [0.05, 0.1) is 0 Å². The number of rotatable bonds is 6. The average Bonchev–Trinajstić information content (AvgIpc) is 2.89. The minimum absolute atomic E-state index is 0.142. The molecule has 6 nitrogen and oxygen atoms in total. The van der Waals surface area contributed by atoms with Crippen molar-refractivity contribution in [1.82, 2.24) is 10.3 Å². The zero-order valence-corrected chi connectivity index (χ0v) is 14.9. The normalized spacial score (nSPS) is 11.8. The summed E-state index contributed by atoms with van der Waals surface area (Å²) in [5.41, 5.74) is 2.27. The predicted molar refractivity (Wildman–Crippen MR) is 94.2 cm³/mol. The van der Waals surface area contributed by atoms with E-state index < -0.39 is 17.9 Å². The fourth-order valence-corrected chi connectivity index (χ4v) is 2.97. The highest BCUT2D eigenvalue weighted by atomic mass is 35.5. The van der Waals surface area contributed by atoms with Gasteiger partial charge in [-0.05, 0) is 43.5 Å². The van der Waals surface area contributed by atoms with Gasteiger partial charge in [0.15, 0.2) is 11.8 Å². The number of amides is 1. The number of hydrogen-bond donors (Lipinski definition) is 3. The van der Waals surface area contributed by atoms with Crippen LogP contribution in [0.5, 0.6) is 0 Å². The van der Waals surface area contributed by atoms with Crippen LogP contribution in [0.4, 0.5) is 0 Å². The Labute approximate surface area is 150 Å². The standard InChI is InChI=1S/C18H19ClN2O4/c1-4-13-14(10(3)22)9(2)20-16(13)17(23)21-15(18(24)25)11-5-7-12(19)8-6-11/h5-8,15,20H,4H2,1-3H3,(H,21,23)(H,24,25). The van der Waals surface area contributed by atoms with E-state index in [9.17, 15) is 19.5 Å². The van der Waals surface area contributed by atoms with Crippen molar-refractivity contribution in [1.29, 1.82) is 0 Å².